The average molecular weight is 390 g/mol. The van der Waals surface area contributed by atoms with Crippen LogP contribution in [0, 0.1) is 0 Å². The van der Waals surface area contributed by atoms with Gasteiger partial charge in [-0.15, -0.1) is 0 Å². The molecule has 7 nitrogen and oxygen atoms in total. The predicted molar refractivity (Wildman–Crippen MR) is 107 cm³/mol. The Labute approximate surface area is 166 Å². The third-order valence-corrected chi connectivity index (χ3v) is 4.53. The van der Waals surface area contributed by atoms with Crippen LogP contribution in [0.5, 0.6) is 0 Å². The van der Waals surface area contributed by atoms with Crippen molar-refractivity contribution < 1.29 is 23.8 Å². The highest BCUT2D eigenvalue weighted by Crippen LogP contribution is 2.31. The monoisotopic (exact) mass is 390 g/mol. The van der Waals surface area contributed by atoms with E-state index in [2.05, 4.69) is 0 Å². The highest BCUT2D eigenvalue weighted by molar-refractivity contribution is 6.35. The van der Waals surface area contributed by atoms with Gasteiger partial charge in [-0.1, -0.05) is 30.3 Å². The first-order chi connectivity index (χ1) is 13.7. The van der Waals surface area contributed by atoms with Crippen LogP contribution in [0.3, 0.4) is 0 Å². The lowest BCUT2D eigenvalue weighted by atomic mass is 10.0. The van der Waals surface area contributed by atoms with E-state index in [1.54, 1.807) is 14.2 Å². The first-order valence-corrected chi connectivity index (χ1v) is 9.62. The summed E-state index contributed by atoms with van der Waals surface area (Å²) in [5.74, 6) is -0.532. The van der Waals surface area contributed by atoms with Crippen LogP contribution in [0.2, 0.25) is 0 Å². The van der Waals surface area contributed by atoms with E-state index in [-0.39, 0.29) is 11.8 Å². The molecular formula is C21H30N2O5. The van der Waals surface area contributed by atoms with Crippen LogP contribution in [-0.4, -0.2) is 81.9 Å². The minimum Gasteiger partial charge on any atom is -0.383 e. The molecular weight excluding hydrogens is 360 g/mol. The summed E-state index contributed by atoms with van der Waals surface area (Å²) in [7, 11) is 3.23. The molecule has 1 heterocycles. The van der Waals surface area contributed by atoms with Crippen LogP contribution in [0.25, 0.3) is 5.57 Å². The summed E-state index contributed by atoms with van der Waals surface area (Å²) in [4.78, 5) is 29.6. The molecule has 0 aromatic heterocycles. The molecule has 28 heavy (non-hydrogen) atoms. The fourth-order valence-electron chi connectivity index (χ4n) is 3.13. The van der Waals surface area contributed by atoms with E-state index in [1.807, 2.05) is 42.2 Å². The maximum atomic E-state index is 13.2. The number of hydrogen-bond acceptors (Lipinski definition) is 6. The number of rotatable bonds is 13. The molecule has 0 saturated heterocycles. The van der Waals surface area contributed by atoms with Crippen LogP contribution in [0.4, 0.5) is 0 Å². The zero-order valence-electron chi connectivity index (χ0n) is 17.0. The van der Waals surface area contributed by atoms with Crippen molar-refractivity contribution in [3.8, 4) is 0 Å². The van der Waals surface area contributed by atoms with Gasteiger partial charge in [0.05, 0.1) is 18.8 Å². The van der Waals surface area contributed by atoms with E-state index in [0.717, 1.165) is 5.56 Å². The molecule has 154 valence electrons. The number of imide groups is 1. The van der Waals surface area contributed by atoms with Gasteiger partial charge in [-0.3, -0.25) is 14.5 Å². The maximum Gasteiger partial charge on any atom is 0.277 e. The van der Waals surface area contributed by atoms with E-state index in [9.17, 15) is 9.59 Å². The number of ether oxygens (including phenoxy) is 3. The second-order valence-corrected chi connectivity index (χ2v) is 6.37. The quantitative estimate of drug-likeness (QED) is 0.378. The Morgan fingerprint density at radius 2 is 1.57 bits per heavy atom. The van der Waals surface area contributed by atoms with Gasteiger partial charge >= 0.3 is 0 Å². The van der Waals surface area contributed by atoms with Crippen molar-refractivity contribution in [1.82, 2.24) is 9.80 Å². The molecule has 7 heteroatoms. The number of carbonyl (C=O) groups is 2. The van der Waals surface area contributed by atoms with E-state index < -0.39 is 0 Å². The first kappa shape index (κ1) is 22.1. The van der Waals surface area contributed by atoms with Crippen LogP contribution in [0.15, 0.2) is 36.0 Å². The van der Waals surface area contributed by atoms with Gasteiger partial charge in [0.15, 0.2) is 0 Å². The van der Waals surface area contributed by atoms with Crippen LogP contribution < -0.4 is 0 Å². The molecule has 0 radical (unpaired) electrons. The van der Waals surface area contributed by atoms with Gasteiger partial charge in [0.25, 0.3) is 11.8 Å². The van der Waals surface area contributed by atoms with Crippen LogP contribution >= 0.6 is 0 Å². The van der Waals surface area contributed by atoms with E-state index in [0.29, 0.717) is 63.8 Å². The van der Waals surface area contributed by atoms with Gasteiger partial charge in [-0.2, -0.15) is 0 Å². The number of carbonyl (C=O) groups excluding carboxylic acids is 2. The second-order valence-electron chi connectivity index (χ2n) is 6.37. The number of amides is 2. The zero-order valence-corrected chi connectivity index (χ0v) is 17.0. The number of nitrogens with zero attached hydrogens (tertiary/aromatic N) is 2. The molecule has 0 aliphatic carbocycles. The number of hydrogen-bond donors (Lipinski definition) is 0. The first-order valence-electron chi connectivity index (χ1n) is 9.62. The topological polar surface area (TPSA) is 68.3 Å². The van der Waals surface area contributed by atoms with Gasteiger partial charge in [0.1, 0.15) is 5.70 Å². The second kappa shape index (κ2) is 11.6. The fourth-order valence-corrected chi connectivity index (χ4v) is 3.13. The molecule has 0 atom stereocenters. The molecule has 2 amide bonds. The van der Waals surface area contributed by atoms with Crippen molar-refractivity contribution in [3.05, 3.63) is 41.6 Å². The Balaban J connectivity index is 2.36. The average Bonchev–Trinajstić information content (AvgIpc) is 2.96. The molecule has 1 aliphatic heterocycles. The van der Waals surface area contributed by atoms with Gasteiger partial charge in [-0.05, 0) is 18.9 Å². The summed E-state index contributed by atoms with van der Waals surface area (Å²) in [6, 6.07) is 9.33. The normalized spacial score (nSPS) is 14.3. The van der Waals surface area contributed by atoms with Crippen LogP contribution in [-0.2, 0) is 23.8 Å². The molecule has 0 saturated carbocycles. The lowest BCUT2D eigenvalue weighted by Crippen LogP contribution is -2.38. The smallest absolute Gasteiger partial charge is 0.277 e. The van der Waals surface area contributed by atoms with Gasteiger partial charge in [0, 0.05) is 47.1 Å². The lowest BCUT2D eigenvalue weighted by Gasteiger charge is -2.25. The minimum absolute atomic E-state index is 0.262. The largest absolute Gasteiger partial charge is 0.383 e. The van der Waals surface area contributed by atoms with Crippen molar-refractivity contribution in [2.45, 2.75) is 13.3 Å². The summed E-state index contributed by atoms with van der Waals surface area (Å²) in [5, 5.41) is 0. The highest BCUT2D eigenvalue weighted by Gasteiger charge is 2.41. The number of methoxy groups -OCH3 is 2. The third-order valence-electron chi connectivity index (χ3n) is 4.53. The lowest BCUT2D eigenvalue weighted by molar-refractivity contribution is -0.137. The van der Waals surface area contributed by atoms with Crippen molar-refractivity contribution in [2.75, 3.05) is 60.3 Å². The highest BCUT2D eigenvalue weighted by atomic mass is 16.5. The molecule has 2 rings (SSSR count). The van der Waals surface area contributed by atoms with Crippen molar-refractivity contribution in [1.29, 1.82) is 0 Å². The van der Waals surface area contributed by atoms with E-state index in [4.69, 9.17) is 14.2 Å². The molecule has 0 N–H and O–H groups in total. The predicted octanol–water partition coefficient (Wildman–Crippen LogP) is 1.79. The maximum absolute atomic E-state index is 13.2. The Morgan fingerprint density at radius 3 is 2.14 bits per heavy atom. The Kier molecular flexibility index (Phi) is 9.13. The summed E-state index contributed by atoms with van der Waals surface area (Å²) in [5.41, 5.74) is 1.60. The Morgan fingerprint density at radius 1 is 0.929 bits per heavy atom. The van der Waals surface area contributed by atoms with Gasteiger partial charge in [0.2, 0.25) is 0 Å². The molecule has 0 bridgehead atoms. The Hall–Kier alpha value is -2.22. The number of benzene rings is 1. The summed E-state index contributed by atoms with van der Waals surface area (Å²) < 4.78 is 15.8. The molecule has 1 aliphatic rings. The zero-order chi connectivity index (χ0) is 20.4. The Bertz CT molecular complexity index is 667. The van der Waals surface area contributed by atoms with Gasteiger partial charge in [-0.25, -0.2) is 0 Å². The van der Waals surface area contributed by atoms with Gasteiger partial charge < -0.3 is 19.1 Å². The van der Waals surface area contributed by atoms with Crippen molar-refractivity contribution >= 4 is 17.4 Å². The summed E-state index contributed by atoms with van der Waals surface area (Å²) in [6.07, 6.45) is 0.608. The van der Waals surface area contributed by atoms with E-state index >= 15 is 0 Å². The third kappa shape index (κ3) is 5.41. The SMILES string of the molecule is CCOCCCN1C(=O)C(c2ccccc2)=C(N(CCOC)CCOC)C1=O. The minimum atomic E-state index is -0.271. The molecule has 0 spiro atoms. The van der Waals surface area contributed by atoms with E-state index in [1.165, 1.54) is 4.90 Å². The summed E-state index contributed by atoms with van der Waals surface area (Å²) in [6.45, 7) is 5.27. The van der Waals surface area contributed by atoms with Crippen LogP contribution in [0.1, 0.15) is 18.9 Å². The molecule has 1 aromatic carbocycles. The van der Waals surface area contributed by atoms with Crippen molar-refractivity contribution in [2.24, 2.45) is 0 Å². The molecule has 0 fully saturated rings. The molecule has 0 unspecified atom stereocenters. The standard InChI is InChI=1S/C21H30N2O5/c1-4-28-14-8-11-23-20(24)18(17-9-6-5-7-10-17)19(21(23)25)22(12-15-26-2)13-16-27-3/h5-7,9-10H,4,8,11-16H2,1-3H3. The van der Waals surface area contributed by atoms with Crippen molar-refractivity contribution in [3.63, 3.8) is 0 Å². The summed E-state index contributed by atoms with van der Waals surface area (Å²) >= 11 is 0. The fraction of sp³-hybridized carbons (Fsp3) is 0.524. The molecule has 1 aromatic rings.